The average molecular weight is 731 g/mol. The molecule has 0 fully saturated rings. The molecule has 0 aliphatic heterocycles. The molecule has 0 amide bonds. The fraction of sp³-hybridized carbons (Fsp3) is 1.00. The van der Waals surface area contributed by atoms with Gasteiger partial charge in [-0.2, -0.15) is 0 Å². The van der Waals surface area contributed by atoms with Crippen LogP contribution in [0.5, 0.6) is 0 Å². The Morgan fingerprint density at radius 3 is 0.844 bits per heavy atom. The SMILES string of the molecule is CC(CCC(CS(=O)(=O)[O-])C(C)CC(C)(C)C)CC(C)(C)C.CC(CCC(CS(=O)(=O)[O-])C(C)CC(C)(C)C)CC(C)(C)C.[Cu+2]. The van der Waals surface area contributed by atoms with Crippen molar-refractivity contribution >= 4 is 20.2 Å². The molecule has 0 saturated heterocycles. The molecule has 9 heteroatoms. The Bertz CT molecular complexity index is 914. The monoisotopic (exact) mass is 729 g/mol. The Labute approximate surface area is 292 Å². The molecular weight excluding hydrogens is 656 g/mol. The summed E-state index contributed by atoms with van der Waals surface area (Å²) in [5.41, 5.74) is 0.885. The summed E-state index contributed by atoms with van der Waals surface area (Å²) < 4.78 is 67.4. The first kappa shape index (κ1) is 49.7. The number of rotatable bonds is 16. The zero-order valence-electron chi connectivity index (χ0n) is 32.1. The smallest absolute Gasteiger partial charge is 0.748 e. The van der Waals surface area contributed by atoms with E-state index in [0.717, 1.165) is 51.4 Å². The van der Waals surface area contributed by atoms with Crippen molar-refractivity contribution in [3.63, 3.8) is 0 Å². The molecule has 6 atom stereocenters. The van der Waals surface area contributed by atoms with E-state index in [0.29, 0.717) is 11.8 Å². The summed E-state index contributed by atoms with van der Waals surface area (Å²) in [6, 6.07) is 0. The minimum atomic E-state index is -4.16. The third-order valence-electron chi connectivity index (χ3n) is 8.30. The summed E-state index contributed by atoms with van der Waals surface area (Å²) in [5.74, 6) is 1.14. The van der Waals surface area contributed by atoms with Crippen molar-refractivity contribution in [2.45, 2.75) is 162 Å². The summed E-state index contributed by atoms with van der Waals surface area (Å²) in [5, 5.41) is 0. The fourth-order valence-electron chi connectivity index (χ4n) is 7.15. The molecule has 0 spiro atoms. The number of hydrogen-bond donors (Lipinski definition) is 0. The maximum Gasteiger partial charge on any atom is 2.00 e. The first-order valence-corrected chi connectivity index (χ1v) is 20.2. The van der Waals surface area contributed by atoms with E-state index in [1.54, 1.807) is 0 Å². The van der Waals surface area contributed by atoms with Crippen molar-refractivity contribution in [1.82, 2.24) is 0 Å². The van der Waals surface area contributed by atoms with Gasteiger partial charge in [-0.05, 0) is 95.7 Å². The molecule has 0 aromatic rings. The van der Waals surface area contributed by atoms with E-state index in [9.17, 15) is 25.9 Å². The van der Waals surface area contributed by atoms with E-state index in [1.807, 2.05) is 0 Å². The van der Waals surface area contributed by atoms with Gasteiger partial charge in [-0.1, -0.05) is 124 Å². The van der Waals surface area contributed by atoms with Crippen molar-refractivity contribution < 1.29 is 43.0 Å². The summed E-state index contributed by atoms with van der Waals surface area (Å²) in [6.45, 7) is 35.0. The van der Waals surface area contributed by atoms with Crippen LogP contribution in [0.4, 0.5) is 0 Å². The van der Waals surface area contributed by atoms with Crippen LogP contribution >= 0.6 is 0 Å². The minimum absolute atomic E-state index is 0. The van der Waals surface area contributed by atoms with Crippen LogP contribution in [0.1, 0.15) is 162 Å². The molecule has 0 saturated carbocycles. The third kappa shape index (κ3) is 34.0. The minimum Gasteiger partial charge on any atom is -0.748 e. The van der Waals surface area contributed by atoms with Gasteiger partial charge in [0.25, 0.3) is 0 Å². The first-order valence-electron chi connectivity index (χ1n) is 17.1. The molecule has 0 rings (SSSR count). The molecule has 6 unspecified atom stereocenters. The summed E-state index contributed by atoms with van der Waals surface area (Å²) in [4.78, 5) is 0. The molecule has 45 heavy (non-hydrogen) atoms. The standard InChI is InChI=1S/2C18H38O3S.Cu/c2*1-14(11-17(3,4)5)9-10-16(13-22(19,20)21)15(2)12-18(6,7)8;/h2*14-16H,9-13H2,1-8H3,(H,19,20,21);/q;;+2/p-2. The van der Waals surface area contributed by atoms with Gasteiger partial charge in [-0.15, -0.1) is 0 Å². The molecule has 0 aromatic heterocycles. The van der Waals surface area contributed by atoms with Crippen LogP contribution < -0.4 is 0 Å². The fourth-order valence-corrected chi connectivity index (χ4v) is 9.19. The molecule has 0 N–H and O–H groups in total. The summed E-state index contributed by atoms with van der Waals surface area (Å²) in [7, 11) is -8.31. The van der Waals surface area contributed by atoms with Crippen molar-refractivity contribution in [1.29, 1.82) is 0 Å². The Balaban J connectivity index is -0.000000767. The molecular formula is C36H74CuO6S2. The van der Waals surface area contributed by atoms with E-state index in [2.05, 4.69) is 111 Å². The topological polar surface area (TPSA) is 114 Å². The van der Waals surface area contributed by atoms with E-state index >= 15 is 0 Å². The van der Waals surface area contributed by atoms with Crippen molar-refractivity contribution in [2.75, 3.05) is 11.5 Å². The second kappa shape index (κ2) is 20.1. The Hall–Kier alpha value is 0.339. The third-order valence-corrected chi connectivity index (χ3v) is 9.97. The molecule has 0 aliphatic carbocycles. The van der Waals surface area contributed by atoms with Crippen molar-refractivity contribution in [3.05, 3.63) is 0 Å². The number of hydrogen-bond acceptors (Lipinski definition) is 6. The molecule has 6 nitrogen and oxygen atoms in total. The second-order valence-corrected chi connectivity index (χ2v) is 22.2. The zero-order valence-corrected chi connectivity index (χ0v) is 34.7. The molecule has 0 bridgehead atoms. The van der Waals surface area contributed by atoms with E-state index in [-0.39, 0.29) is 73.9 Å². The van der Waals surface area contributed by atoms with Crippen molar-refractivity contribution in [3.8, 4) is 0 Å². The zero-order chi connectivity index (χ0) is 35.5. The van der Waals surface area contributed by atoms with E-state index < -0.39 is 20.2 Å². The van der Waals surface area contributed by atoms with Gasteiger partial charge >= 0.3 is 17.1 Å². The maximum absolute atomic E-state index is 11.2. The predicted molar refractivity (Wildman–Crippen MR) is 188 cm³/mol. The molecule has 277 valence electrons. The molecule has 0 aromatic carbocycles. The molecule has 1 radical (unpaired) electrons. The van der Waals surface area contributed by atoms with Crippen LogP contribution in [0, 0.1) is 57.2 Å². The summed E-state index contributed by atoms with van der Waals surface area (Å²) >= 11 is 0. The van der Waals surface area contributed by atoms with Gasteiger partial charge in [0.15, 0.2) is 0 Å². The second-order valence-electron chi connectivity index (χ2n) is 19.3. The van der Waals surface area contributed by atoms with Gasteiger partial charge in [0, 0.05) is 11.5 Å². The summed E-state index contributed by atoms with van der Waals surface area (Å²) in [6.07, 6.45) is 7.78. The van der Waals surface area contributed by atoms with Gasteiger partial charge in [0.05, 0.1) is 20.2 Å². The Morgan fingerprint density at radius 2 is 0.667 bits per heavy atom. The van der Waals surface area contributed by atoms with Crippen LogP contribution in [0.2, 0.25) is 0 Å². The average Bonchev–Trinajstić information content (AvgIpc) is 2.67. The van der Waals surface area contributed by atoms with E-state index in [1.165, 1.54) is 0 Å². The van der Waals surface area contributed by atoms with Gasteiger partial charge in [0.1, 0.15) is 0 Å². The van der Waals surface area contributed by atoms with Crippen LogP contribution in [0.3, 0.4) is 0 Å². The Morgan fingerprint density at radius 1 is 0.444 bits per heavy atom. The van der Waals surface area contributed by atoms with Crippen LogP contribution in [0.15, 0.2) is 0 Å². The van der Waals surface area contributed by atoms with Crippen LogP contribution in [0.25, 0.3) is 0 Å². The van der Waals surface area contributed by atoms with Gasteiger partial charge < -0.3 is 9.11 Å². The van der Waals surface area contributed by atoms with Gasteiger partial charge in [-0.25, -0.2) is 16.8 Å². The van der Waals surface area contributed by atoms with Crippen molar-refractivity contribution in [2.24, 2.45) is 57.2 Å². The quantitative estimate of drug-likeness (QED) is 0.115. The van der Waals surface area contributed by atoms with Crippen LogP contribution in [-0.4, -0.2) is 37.4 Å². The molecule has 0 heterocycles. The predicted octanol–water partition coefficient (Wildman–Crippen LogP) is 10.1. The van der Waals surface area contributed by atoms with E-state index in [4.69, 9.17) is 0 Å². The maximum atomic E-state index is 11.2. The normalized spacial score (nSPS) is 17.6. The Kier molecular flexibility index (Phi) is 22.2. The molecule has 0 aliphatic rings. The van der Waals surface area contributed by atoms with Crippen LogP contribution in [-0.2, 0) is 37.3 Å². The van der Waals surface area contributed by atoms with Gasteiger partial charge in [-0.3, -0.25) is 0 Å². The van der Waals surface area contributed by atoms with Gasteiger partial charge in [0.2, 0.25) is 0 Å². The largest absolute Gasteiger partial charge is 2.00 e. The first-order chi connectivity index (χ1) is 19.2.